The van der Waals surface area contributed by atoms with Crippen molar-refractivity contribution in [3.05, 3.63) is 33.0 Å². The van der Waals surface area contributed by atoms with E-state index in [4.69, 9.17) is 17.3 Å². The van der Waals surface area contributed by atoms with Gasteiger partial charge in [0.1, 0.15) is 0 Å². The Kier molecular flexibility index (Phi) is 2.29. The van der Waals surface area contributed by atoms with Crippen molar-refractivity contribution in [1.29, 1.82) is 0 Å². The Balaban J connectivity index is 2.94. The molecule has 2 aromatic rings. The molecule has 1 aromatic carbocycles. The highest BCUT2D eigenvalue weighted by Gasteiger charge is 2.03. The number of halogens is 2. The zero-order valence-electron chi connectivity index (χ0n) is 6.59. The standard InChI is InChI=1S/C9H6ClIN2/c10-5-3-6-8(12)1-2-13-9(6)7(11)4-5/h1-4H,(H2,12,13). The Bertz CT molecular complexity index is 470. The molecule has 0 radical (unpaired) electrons. The Morgan fingerprint density at radius 2 is 2.15 bits per heavy atom. The highest BCUT2D eigenvalue weighted by molar-refractivity contribution is 14.1. The molecule has 0 saturated carbocycles. The van der Waals surface area contributed by atoms with Crippen molar-refractivity contribution in [2.24, 2.45) is 0 Å². The van der Waals surface area contributed by atoms with Crippen LogP contribution in [-0.4, -0.2) is 4.98 Å². The van der Waals surface area contributed by atoms with E-state index in [-0.39, 0.29) is 0 Å². The molecular formula is C9H6ClIN2. The van der Waals surface area contributed by atoms with Crippen molar-refractivity contribution in [3.63, 3.8) is 0 Å². The van der Waals surface area contributed by atoms with Crippen LogP contribution in [-0.2, 0) is 0 Å². The average molecular weight is 305 g/mol. The maximum absolute atomic E-state index is 5.91. The zero-order chi connectivity index (χ0) is 9.42. The Morgan fingerprint density at radius 1 is 1.38 bits per heavy atom. The summed E-state index contributed by atoms with van der Waals surface area (Å²) >= 11 is 8.11. The van der Waals surface area contributed by atoms with E-state index in [2.05, 4.69) is 27.6 Å². The van der Waals surface area contributed by atoms with E-state index in [0.717, 1.165) is 14.5 Å². The van der Waals surface area contributed by atoms with Gasteiger partial charge in [-0.3, -0.25) is 4.98 Å². The third-order valence-electron chi connectivity index (χ3n) is 1.80. The fourth-order valence-corrected chi connectivity index (χ4v) is 2.37. The van der Waals surface area contributed by atoms with Crippen molar-refractivity contribution in [1.82, 2.24) is 4.98 Å². The first-order valence-electron chi connectivity index (χ1n) is 3.68. The SMILES string of the molecule is Nc1ccnc2c(I)cc(Cl)cc12. The minimum Gasteiger partial charge on any atom is -0.398 e. The van der Waals surface area contributed by atoms with Gasteiger partial charge in [0.2, 0.25) is 0 Å². The minimum atomic E-state index is 0.691. The number of fused-ring (bicyclic) bond motifs is 1. The highest BCUT2D eigenvalue weighted by Crippen LogP contribution is 2.27. The summed E-state index contributed by atoms with van der Waals surface area (Å²) in [5, 5.41) is 1.61. The molecule has 2 nitrogen and oxygen atoms in total. The van der Waals surface area contributed by atoms with Crippen LogP contribution >= 0.6 is 34.2 Å². The fourth-order valence-electron chi connectivity index (χ4n) is 1.20. The van der Waals surface area contributed by atoms with Gasteiger partial charge >= 0.3 is 0 Å². The number of pyridine rings is 1. The Morgan fingerprint density at radius 3 is 2.92 bits per heavy atom. The average Bonchev–Trinajstić information content (AvgIpc) is 2.07. The van der Waals surface area contributed by atoms with E-state index in [1.807, 2.05) is 12.1 Å². The van der Waals surface area contributed by atoms with Crippen molar-refractivity contribution < 1.29 is 0 Å². The number of nitrogens with two attached hydrogens (primary N) is 1. The van der Waals surface area contributed by atoms with Crippen LogP contribution < -0.4 is 5.73 Å². The molecule has 0 unspecified atom stereocenters. The van der Waals surface area contributed by atoms with E-state index in [1.54, 1.807) is 12.3 Å². The number of benzene rings is 1. The molecule has 2 rings (SSSR count). The number of aromatic nitrogens is 1. The lowest BCUT2D eigenvalue weighted by atomic mass is 10.2. The summed E-state index contributed by atoms with van der Waals surface area (Å²) in [5.74, 6) is 0. The van der Waals surface area contributed by atoms with Gasteiger partial charge in [-0.1, -0.05) is 11.6 Å². The first kappa shape index (κ1) is 9.02. The molecule has 0 aliphatic carbocycles. The monoisotopic (exact) mass is 304 g/mol. The second-order valence-electron chi connectivity index (χ2n) is 2.68. The fraction of sp³-hybridized carbons (Fsp3) is 0. The highest BCUT2D eigenvalue weighted by atomic mass is 127. The van der Waals surface area contributed by atoms with E-state index in [1.165, 1.54) is 0 Å². The summed E-state index contributed by atoms with van der Waals surface area (Å²) in [4.78, 5) is 4.24. The van der Waals surface area contributed by atoms with Crippen LogP contribution in [0.4, 0.5) is 5.69 Å². The van der Waals surface area contributed by atoms with Crippen molar-refractivity contribution in [2.45, 2.75) is 0 Å². The topological polar surface area (TPSA) is 38.9 Å². The molecule has 2 N–H and O–H groups in total. The van der Waals surface area contributed by atoms with Crippen molar-refractivity contribution in [3.8, 4) is 0 Å². The Labute approximate surface area is 94.2 Å². The lowest BCUT2D eigenvalue weighted by Gasteiger charge is -2.03. The van der Waals surface area contributed by atoms with Crippen LogP contribution in [0.1, 0.15) is 0 Å². The summed E-state index contributed by atoms with van der Waals surface area (Å²) < 4.78 is 1.02. The Hall–Kier alpha value is -0.550. The minimum absolute atomic E-state index is 0.691. The van der Waals surface area contributed by atoms with Crippen LogP contribution in [0.25, 0.3) is 10.9 Å². The molecule has 0 aliphatic heterocycles. The first-order chi connectivity index (χ1) is 6.18. The molecule has 4 heteroatoms. The van der Waals surface area contributed by atoms with Gasteiger partial charge in [-0.25, -0.2) is 0 Å². The normalized spacial score (nSPS) is 10.6. The van der Waals surface area contributed by atoms with Gasteiger partial charge in [-0.15, -0.1) is 0 Å². The van der Waals surface area contributed by atoms with Gasteiger partial charge in [0.05, 0.1) is 5.52 Å². The van der Waals surface area contributed by atoms with Crippen LogP contribution in [0.15, 0.2) is 24.4 Å². The second kappa shape index (κ2) is 3.31. The molecule has 1 aromatic heterocycles. The lowest BCUT2D eigenvalue weighted by Crippen LogP contribution is -1.90. The van der Waals surface area contributed by atoms with E-state index in [9.17, 15) is 0 Å². The summed E-state index contributed by atoms with van der Waals surface area (Å²) in [7, 11) is 0. The third-order valence-corrected chi connectivity index (χ3v) is 2.84. The zero-order valence-corrected chi connectivity index (χ0v) is 9.50. The first-order valence-corrected chi connectivity index (χ1v) is 5.13. The van der Waals surface area contributed by atoms with Gasteiger partial charge in [-0.05, 0) is 40.8 Å². The number of nitrogen functional groups attached to an aromatic ring is 1. The number of anilines is 1. The number of rotatable bonds is 0. The molecule has 0 amide bonds. The second-order valence-corrected chi connectivity index (χ2v) is 4.28. The van der Waals surface area contributed by atoms with Gasteiger partial charge in [0.25, 0.3) is 0 Å². The van der Waals surface area contributed by atoms with Crippen LogP contribution in [0, 0.1) is 3.57 Å². The molecule has 66 valence electrons. The van der Waals surface area contributed by atoms with Gasteiger partial charge in [0.15, 0.2) is 0 Å². The number of hydrogen-bond donors (Lipinski definition) is 1. The maximum atomic E-state index is 5.91. The summed E-state index contributed by atoms with van der Waals surface area (Å²) in [6.45, 7) is 0. The van der Waals surface area contributed by atoms with E-state index < -0.39 is 0 Å². The third kappa shape index (κ3) is 1.58. The van der Waals surface area contributed by atoms with Crippen LogP contribution in [0.5, 0.6) is 0 Å². The molecule has 13 heavy (non-hydrogen) atoms. The molecule has 0 atom stereocenters. The summed E-state index contributed by atoms with van der Waals surface area (Å²) in [6.07, 6.45) is 1.70. The van der Waals surface area contributed by atoms with Gasteiger partial charge in [-0.2, -0.15) is 0 Å². The predicted molar refractivity (Wildman–Crippen MR) is 63.9 cm³/mol. The molecule has 0 aliphatic rings. The molecule has 0 bridgehead atoms. The van der Waals surface area contributed by atoms with Crippen molar-refractivity contribution >= 4 is 50.8 Å². The van der Waals surface area contributed by atoms with Gasteiger partial charge in [0, 0.05) is 25.9 Å². The summed E-state index contributed by atoms with van der Waals surface area (Å²) in [6, 6.07) is 5.48. The van der Waals surface area contributed by atoms with E-state index in [0.29, 0.717) is 10.7 Å². The molecule has 1 heterocycles. The largest absolute Gasteiger partial charge is 0.398 e. The smallest absolute Gasteiger partial charge is 0.0857 e. The van der Waals surface area contributed by atoms with Crippen LogP contribution in [0.3, 0.4) is 0 Å². The molecule has 0 spiro atoms. The van der Waals surface area contributed by atoms with Gasteiger partial charge < -0.3 is 5.73 Å². The molecule has 0 fully saturated rings. The quantitative estimate of drug-likeness (QED) is 0.760. The number of hydrogen-bond acceptors (Lipinski definition) is 2. The lowest BCUT2D eigenvalue weighted by molar-refractivity contribution is 1.40. The maximum Gasteiger partial charge on any atom is 0.0857 e. The number of nitrogens with zero attached hydrogens (tertiary/aromatic N) is 1. The molecule has 0 saturated heterocycles. The molecular weight excluding hydrogens is 298 g/mol. The predicted octanol–water partition coefficient (Wildman–Crippen LogP) is 3.08. The van der Waals surface area contributed by atoms with Crippen molar-refractivity contribution in [2.75, 3.05) is 5.73 Å². The van der Waals surface area contributed by atoms with Crippen LogP contribution in [0.2, 0.25) is 5.02 Å². The van der Waals surface area contributed by atoms with E-state index >= 15 is 0 Å². The summed E-state index contributed by atoms with van der Waals surface area (Å²) in [5.41, 5.74) is 7.41.